The third-order valence-corrected chi connectivity index (χ3v) is 3.58. The Hall–Kier alpha value is -2.30. The van der Waals surface area contributed by atoms with Gasteiger partial charge in [0.15, 0.2) is 18.1 Å². The lowest BCUT2D eigenvalue weighted by Gasteiger charge is -2.12. The topological polar surface area (TPSA) is 118 Å². The first-order valence-corrected chi connectivity index (χ1v) is 7.63. The lowest BCUT2D eigenvalue weighted by molar-refractivity contribution is -0.119. The largest absolute Gasteiger partial charge is 0.493 e. The van der Waals surface area contributed by atoms with Crippen molar-refractivity contribution < 1.29 is 14.3 Å². The number of aromatic nitrogens is 2. The van der Waals surface area contributed by atoms with Crippen LogP contribution in [0.4, 0.5) is 5.95 Å². The Labute approximate surface area is 146 Å². The lowest BCUT2D eigenvalue weighted by atomic mass is 10.2. The number of amides is 1. The first-order chi connectivity index (χ1) is 10.9. The molecule has 0 saturated carbocycles. The van der Waals surface area contributed by atoms with Gasteiger partial charge in [0.25, 0.3) is 5.91 Å². The van der Waals surface area contributed by atoms with Gasteiger partial charge in [-0.15, -0.1) is 0 Å². The summed E-state index contributed by atoms with van der Waals surface area (Å²) in [4.78, 5) is 14.9. The molecule has 1 aromatic heterocycles. The maximum Gasteiger partial charge on any atom is 0.255 e. The van der Waals surface area contributed by atoms with Crippen LogP contribution in [0.25, 0.3) is 0 Å². The SMILES string of the molecule is COc1cc(C=Nn2cc(C)nc2N)cc(I)c1OCC(N)=O. The van der Waals surface area contributed by atoms with Crippen LogP contribution in [-0.2, 0) is 4.79 Å². The summed E-state index contributed by atoms with van der Waals surface area (Å²) in [5, 5.41) is 4.25. The molecule has 122 valence electrons. The van der Waals surface area contributed by atoms with Gasteiger partial charge in [-0.2, -0.15) is 5.10 Å². The third kappa shape index (κ3) is 4.34. The number of ether oxygens (including phenoxy) is 2. The van der Waals surface area contributed by atoms with E-state index in [1.54, 1.807) is 18.5 Å². The standard InChI is InChI=1S/C14H16IN5O3/c1-8-6-20(14(17)19-8)18-5-9-3-10(15)13(11(4-9)22-2)23-7-12(16)21/h3-6H,7H2,1-2H3,(H2,16,21)(H2,17,19). The molecule has 2 aromatic rings. The molecule has 1 aromatic carbocycles. The number of aryl methyl sites for hydroxylation is 1. The molecule has 0 aliphatic rings. The fraction of sp³-hybridized carbons (Fsp3) is 0.214. The molecule has 23 heavy (non-hydrogen) atoms. The van der Waals surface area contributed by atoms with Crippen molar-refractivity contribution in [3.05, 3.63) is 33.2 Å². The summed E-state index contributed by atoms with van der Waals surface area (Å²) in [5.41, 5.74) is 12.4. The van der Waals surface area contributed by atoms with Crippen LogP contribution in [0.15, 0.2) is 23.4 Å². The Morgan fingerprint density at radius 2 is 2.26 bits per heavy atom. The second kappa shape index (κ2) is 7.31. The van der Waals surface area contributed by atoms with E-state index in [0.29, 0.717) is 17.4 Å². The molecule has 1 heterocycles. The Morgan fingerprint density at radius 1 is 1.52 bits per heavy atom. The van der Waals surface area contributed by atoms with E-state index in [-0.39, 0.29) is 6.61 Å². The number of rotatable bonds is 6. The smallest absolute Gasteiger partial charge is 0.255 e. The number of carbonyl (C=O) groups excluding carboxylic acids is 1. The molecular formula is C14H16IN5O3. The van der Waals surface area contributed by atoms with Crippen molar-refractivity contribution >= 4 is 40.7 Å². The van der Waals surface area contributed by atoms with Gasteiger partial charge in [0.05, 0.1) is 28.8 Å². The van der Waals surface area contributed by atoms with Crippen LogP contribution in [0.1, 0.15) is 11.3 Å². The van der Waals surface area contributed by atoms with Crippen LogP contribution in [0.2, 0.25) is 0 Å². The van der Waals surface area contributed by atoms with Crippen LogP contribution in [-0.4, -0.2) is 35.5 Å². The first kappa shape index (κ1) is 17.1. The minimum atomic E-state index is -0.556. The molecule has 2 rings (SSSR count). The minimum absolute atomic E-state index is 0.218. The third-order valence-electron chi connectivity index (χ3n) is 2.78. The molecule has 0 unspecified atom stereocenters. The van der Waals surface area contributed by atoms with Gasteiger partial charge >= 0.3 is 0 Å². The van der Waals surface area contributed by atoms with Gasteiger partial charge in [0.1, 0.15) is 0 Å². The number of methoxy groups -OCH3 is 1. The zero-order chi connectivity index (χ0) is 17.0. The maximum atomic E-state index is 10.9. The molecule has 0 saturated heterocycles. The van der Waals surface area contributed by atoms with Crippen molar-refractivity contribution in [2.75, 3.05) is 19.5 Å². The molecular weight excluding hydrogens is 413 g/mol. The summed E-state index contributed by atoms with van der Waals surface area (Å²) >= 11 is 2.08. The van der Waals surface area contributed by atoms with E-state index in [0.717, 1.165) is 14.8 Å². The van der Waals surface area contributed by atoms with Crippen LogP contribution < -0.4 is 20.9 Å². The second-order valence-corrected chi connectivity index (χ2v) is 5.78. The average molecular weight is 429 g/mol. The van der Waals surface area contributed by atoms with Crippen molar-refractivity contribution in [3.63, 3.8) is 0 Å². The Bertz CT molecular complexity index is 757. The molecule has 9 heteroatoms. The normalized spacial score (nSPS) is 10.9. The Kier molecular flexibility index (Phi) is 5.42. The molecule has 0 spiro atoms. The molecule has 0 fully saturated rings. The summed E-state index contributed by atoms with van der Waals surface area (Å²) < 4.78 is 12.9. The lowest BCUT2D eigenvalue weighted by Crippen LogP contribution is -2.20. The Balaban J connectivity index is 2.28. The van der Waals surface area contributed by atoms with E-state index in [9.17, 15) is 4.79 Å². The van der Waals surface area contributed by atoms with E-state index in [4.69, 9.17) is 20.9 Å². The summed E-state index contributed by atoms with van der Waals surface area (Å²) in [6, 6.07) is 3.57. The van der Waals surface area contributed by atoms with E-state index < -0.39 is 5.91 Å². The van der Waals surface area contributed by atoms with Crippen LogP contribution in [0.3, 0.4) is 0 Å². The van der Waals surface area contributed by atoms with Gasteiger partial charge in [-0.05, 0) is 47.2 Å². The van der Waals surface area contributed by atoms with E-state index in [1.165, 1.54) is 11.8 Å². The van der Waals surface area contributed by atoms with Gasteiger partial charge in [0, 0.05) is 0 Å². The van der Waals surface area contributed by atoms with E-state index >= 15 is 0 Å². The molecule has 4 N–H and O–H groups in total. The number of imidazole rings is 1. The number of anilines is 1. The highest BCUT2D eigenvalue weighted by atomic mass is 127. The van der Waals surface area contributed by atoms with Gasteiger partial charge in [-0.3, -0.25) is 4.79 Å². The molecule has 0 aliphatic heterocycles. The fourth-order valence-electron chi connectivity index (χ4n) is 1.82. The van der Waals surface area contributed by atoms with Crippen molar-refractivity contribution in [2.45, 2.75) is 6.92 Å². The highest BCUT2D eigenvalue weighted by Gasteiger charge is 2.12. The number of hydrogen-bond acceptors (Lipinski definition) is 6. The molecule has 8 nitrogen and oxygen atoms in total. The van der Waals surface area contributed by atoms with Crippen LogP contribution in [0.5, 0.6) is 11.5 Å². The number of nitrogens with zero attached hydrogens (tertiary/aromatic N) is 3. The highest BCUT2D eigenvalue weighted by molar-refractivity contribution is 14.1. The number of nitrogen functional groups attached to an aromatic ring is 1. The van der Waals surface area contributed by atoms with Gasteiger partial charge in [-0.1, -0.05) is 0 Å². The molecule has 0 aliphatic carbocycles. The highest BCUT2D eigenvalue weighted by Crippen LogP contribution is 2.33. The maximum absolute atomic E-state index is 10.9. The molecule has 0 radical (unpaired) electrons. The van der Waals surface area contributed by atoms with Crippen molar-refractivity contribution in [1.29, 1.82) is 0 Å². The molecule has 0 atom stereocenters. The number of hydrogen-bond donors (Lipinski definition) is 2. The van der Waals surface area contributed by atoms with Crippen molar-refractivity contribution in [3.8, 4) is 11.5 Å². The number of carbonyl (C=O) groups is 1. The summed E-state index contributed by atoms with van der Waals surface area (Å²) in [6.45, 7) is 1.61. The zero-order valence-corrected chi connectivity index (χ0v) is 14.8. The molecule has 1 amide bonds. The number of halogens is 1. The van der Waals surface area contributed by atoms with Crippen molar-refractivity contribution in [2.24, 2.45) is 10.8 Å². The van der Waals surface area contributed by atoms with E-state index in [1.807, 2.05) is 13.0 Å². The predicted octanol–water partition coefficient (Wildman–Crippen LogP) is 1.13. The summed E-state index contributed by atoms with van der Waals surface area (Å²) in [6.07, 6.45) is 3.35. The second-order valence-electron chi connectivity index (χ2n) is 4.62. The monoisotopic (exact) mass is 429 g/mol. The average Bonchev–Trinajstić information content (AvgIpc) is 2.81. The predicted molar refractivity (Wildman–Crippen MR) is 94.8 cm³/mol. The number of primary amides is 1. The van der Waals surface area contributed by atoms with E-state index in [2.05, 4.69) is 32.7 Å². The Morgan fingerprint density at radius 3 is 2.83 bits per heavy atom. The summed E-state index contributed by atoms with van der Waals surface area (Å²) in [5.74, 6) is 0.692. The van der Waals surface area contributed by atoms with Gasteiger partial charge in [-0.25, -0.2) is 9.66 Å². The summed E-state index contributed by atoms with van der Waals surface area (Å²) in [7, 11) is 1.51. The number of benzene rings is 1. The van der Waals surface area contributed by atoms with Crippen molar-refractivity contribution in [1.82, 2.24) is 9.66 Å². The van der Waals surface area contributed by atoms with Gasteiger partial charge in [0.2, 0.25) is 5.95 Å². The van der Waals surface area contributed by atoms with Crippen LogP contribution in [0, 0.1) is 10.5 Å². The van der Waals surface area contributed by atoms with Gasteiger partial charge < -0.3 is 20.9 Å². The zero-order valence-electron chi connectivity index (χ0n) is 12.6. The molecule has 0 bridgehead atoms. The minimum Gasteiger partial charge on any atom is -0.493 e. The van der Waals surface area contributed by atoms with Crippen LogP contribution >= 0.6 is 22.6 Å². The quantitative estimate of drug-likeness (QED) is 0.528. The first-order valence-electron chi connectivity index (χ1n) is 6.55. The number of nitrogens with two attached hydrogens (primary N) is 2. The fourth-order valence-corrected chi connectivity index (χ4v) is 2.60.